The first-order valence-electron chi connectivity index (χ1n) is 4.63. The number of anilines is 1. The second kappa shape index (κ2) is 4.63. The van der Waals surface area contributed by atoms with Crippen LogP contribution >= 0.6 is 0 Å². The Morgan fingerprint density at radius 2 is 1.47 bits per heavy atom. The van der Waals surface area contributed by atoms with Crippen molar-refractivity contribution in [2.24, 2.45) is 0 Å². The van der Waals surface area contributed by atoms with Crippen LogP contribution in [0.2, 0.25) is 0 Å². The molecule has 0 unspecified atom stereocenters. The van der Waals surface area contributed by atoms with Crippen LogP contribution in [0.5, 0.6) is 0 Å². The Hall–Kier alpha value is -1.12. The van der Waals surface area contributed by atoms with Gasteiger partial charge in [-0.2, -0.15) is 12.7 Å². The van der Waals surface area contributed by atoms with Gasteiger partial charge in [0.2, 0.25) is 0 Å². The monoisotopic (exact) mass is 278 g/mol. The lowest BCUT2D eigenvalue weighted by Crippen LogP contribution is -2.28. The van der Waals surface area contributed by atoms with Gasteiger partial charge in [-0.15, -0.1) is 0 Å². The predicted molar refractivity (Wildman–Crippen MR) is 65.8 cm³/mol. The van der Waals surface area contributed by atoms with E-state index in [0.717, 1.165) is 10.6 Å². The van der Waals surface area contributed by atoms with Crippen LogP contribution in [-0.2, 0) is 20.0 Å². The van der Waals surface area contributed by atoms with Gasteiger partial charge >= 0.3 is 10.2 Å². The van der Waals surface area contributed by atoms with Gasteiger partial charge in [-0.05, 0) is 24.3 Å². The lowest BCUT2D eigenvalue weighted by molar-refractivity contribution is 0.527. The molecule has 0 amide bonds. The summed E-state index contributed by atoms with van der Waals surface area (Å²) in [4.78, 5) is 0.144. The largest absolute Gasteiger partial charge is 0.301 e. The average molecular weight is 278 g/mol. The minimum atomic E-state index is -3.57. The van der Waals surface area contributed by atoms with Crippen LogP contribution in [0.25, 0.3) is 0 Å². The summed E-state index contributed by atoms with van der Waals surface area (Å²) in [5, 5.41) is 0. The highest BCUT2D eigenvalue weighted by molar-refractivity contribution is 7.90. The molecule has 0 spiro atoms. The Labute approximate surface area is 101 Å². The summed E-state index contributed by atoms with van der Waals surface area (Å²) in [6.07, 6.45) is 1.09. The van der Waals surface area contributed by atoms with E-state index in [1.807, 2.05) is 0 Å². The van der Waals surface area contributed by atoms with E-state index in [1.54, 1.807) is 0 Å². The highest BCUT2D eigenvalue weighted by Crippen LogP contribution is 2.15. The van der Waals surface area contributed by atoms with Crippen molar-refractivity contribution in [2.75, 3.05) is 25.1 Å². The van der Waals surface area contributed by atoms with Gasteiger partial charge < -0.3 is 0 Å². The molecule has 0 aliphatic heterocycles. The van der Waals surface area contributed by atoms with Gasteiger partial charge in [0, 0.05) is 26.0 Å². The topological polar surface area (TPSA) is 83.6 Å². The van der Waals surface area contributed by atoms with Crippen molar-refractivity contribution in [3.63, 3.8) is 0 Å². The number of benzene rings is 1. The van der Waals surface area contributed by atoms with Gasteiger partial charge in [-0.1, -0.05) is 0 Å². The molecule has 0 aromatic heterocycles. The molecule has 1 rings (SSSR count). The normalized spacial score (nSPS) is 12.7. The highest BCUT2D eigenvalue weighted by atomic mass is 32.2. The molecule has 0 atom stereocenters. The molecular weight excluding hydrogens is 264 g/mol. The molecule has 1 aromatic carbocycles. The Bertz CT molecular complexity index is 588. The third-order valence-corrected chi connectivity index (χ3v) is 4.59. The fraction of sp³-hybridized carbons (Fsp3) is 0.333. The van der Waals surface area contributed by atoms with Crippen molar-refractivity contribution >= 4 is 25.7 Å². The Morgan fingerprint density at radius 1 is 1.00 bits per heavy atom. The molecule has 0 saturated carbocycles. The lowest BCUT2D eigenvalue weighted by Gasteiger charge is -2.13. The van der Waals surface area contributed by atoms with Crippen molar-refractivity contribution < 1.29 is 16.8 Å². The van der Waals surface area contributed by atoms with Gasteiger partial charge in [0.05, 0.1) is 4.90 Å². The summed E-state index contributed by atoms with van der Waals surface area (Å²) in [6, 6.07) is 5.50. The maximum Gasteiger partial charge on any atom is 0.301 e. The second-order valence-electron chi connectivity index (χ2n) is 3.69. The Morgan fingerprint density at radius 3 is 1.82 bits per heavy atom. The molecule has 0 saturated heterocycles. The van der Waals surface area contributed by atoms with E-state index < -0.39 is 20.0 Å². The average Bonchev–Trinajstić information content (AvgIpc) is 2.16. The second-order valence-corrected chi connectivity index (χ2v) is 7.59. The number of nitrogens with one attached hydrogen (secondary N) is 1. The quantitative estimate of drug-likeness (QED) is 0.859. The minimum Gasteiger partial charge on any atom is -0.271 e. The summed E-state index contributed by atoms with van der Waals surface area (Å²) < 4.78 is 48.7. The molecule has 0 heterocycles. The first-order chi connectivity index (χ1) is 7.63. The van der Waals surface area contributed by atoms with Crippen LogP contribution in [0, 0.1) is 0 Å². The molecule has 17 heavy (non-hydrogen) atoms. The number of hydrogen-bond acceptors (Lipinski definition) is 4. The van der Waals surface area contributed by atoms with Gasteiger partial charge in [0.25, 0.3) is 0 Å². The van der Waals surface area contributed by atoms with E-state index >= 15 is 0 Å². The van der Waals surface area contributed by atoms with Crippen LogP contribution in [0.15, 0.2) is 29.2 Å². The maximum atomic E-state index is 11.5. The van der Waals surface area contributed by atoms with Crippen LogP contribution in [0.1, 0.15) is 0 Å². The van der Waals surface area contributed by atoms with Crippen molar-refractivity contribution in [1.82, 2.24) is 4.31 Å². The number of hydrogen-bond donors (Lipinski definition) is 1. The van der Waals surface area contributed by atoms with E-state index in [9.17, 15) is 16.8 Å². The predicted octanol–water partition coefficient (Wildman–Crippen LogP) is 0.308. The third-order valence-electron chi connectivity index (χ3n) is 2.01. The van der Waals surface area contributed by atoms with E-state index in [0.29, 0.717) is 5.69 Å². The highest BCUT2D eigenvalue weighted by Gasteiger charge is 2.13. The molecule has 0 fully saturated rings. The van der Waals surface area contributed by atoms with Crippen molar-refractivity contribution in [3.8, 4) is 0 Å². The first-order valence-corrected chi connectivity index (χ1v) is 7.96. The summed E-state index contributed by atoms with van der Waals surface area (Å²) >= 11 is 0. The van der Waals surface area contributed by atoms with Gasteiger partial charge in [-0.3, -0.25) is 4.72 Å². The molecule has 1 aromatic rings. The smallest absolute Gasteiger partial charge is 0.271 e. The molecule has 0 aliphatic carbocycles. The molecule has 0 radical (unpaired) electrons. The minimum absolute atomic E-state index is 0.144. The van der Waals surface area contributed by atoms with Crippen LogP contribution < -0.4 is 4.72 Å². The third kappa shape index (κ3) is 3.69. The van der Waals surface area contributed by atoms with E-state index in [1.165, 1.54) is 38.4 Å². The SMILES string of the molecule is CN(C)S(=O)(=O)Nc1ccc(S(C)(=O)=O)cc1. The molecule has 6 nitrogen and oxygen atoms in total. The van der Waals surface area contributed by atoms with Crippen molar-refractivity contribution in [1.29, 1.82) is 0 Å². The molecule has 8 heteroatoms. The summed E-state index contributed by atoms with van der Waals surface area (Å²) in [5.41, 5.74) is 0.311. The zero-order chi connectivity index (χ0) is 13.3. The standard InChI is InChI=1S/C9H14N2O4S2/c1-11(2)17(14,15)10-8-4-6-9(7-5-8)16(3,12)13/h4-7,10H,1-3H3. The lowest BCUT2D eigenvalue weighted by atomic mass is 10.3. The molecule has 96 valence electrons. The van der Waals surface area contributed by atoms with E-state index in [2.05, 4.69) is 4.72 Å². The number of rotatable bonds is 4. The first kappa shape index (κ1) is 13.9. The summed E-state index contributed by atoms with van der Waals surface area (Å²) in [5.74, 6) is 0. The van der Waals surface area contributed by atoms with Gasteiger partial charge in [0.15, 0.2) is 9.84 Å². The zero-order valence-electron chi connectivity index (χ0n) is 9.71. The van der Waals surface area contributed by atoms with E-state index in [4.69, 9.17) is 0 Å². The fourth-order valence-electron chi connectivity index (χ4n) is 1.01. The molecular formula is C9H14N2O4S2. The Kier molecular flexibility index (Phi) is 3.80. The van der Waals surface area contributed by atoms with E-state index in [-0.39, 0.29) is 4.90 Å². The summed E-state index contributed by atoms with van der Waals surface area (Å²) in [7, 11) is -4.04. The van der Waals surface area contributed by atoms with Crippen LogP contribution in [-0.4, -0.2) is 41.5 Å². The van der Waals surface area contributed by atoms with Crippen molar-refractivity contribution in [2.45, 2.75) is 4.90 Å². The molecule has 1 N–H and O–H groups in total. The van der Waals surface area contributed by atoms with Gasteiger partial charge in [-0.25, -0.2) is 8.42 Å². The molecule has 0 bridgehead atoms. The Balaban J connectivity index is 2.98. The number of sulfone groups is 1. The van der Waals surface area contributed by atoms with Gasteiger partial charge in [0.1, 0.15) is 0 Å². The number of nitrogens with zero attached hydrogens (tertiary/aromatic N) is 1. The van der Waals surface area contributed by atoms with Crippen molar-refractivity contribution in [3.05, 3.63) is 24.3 Å². The zero-order valence-corrected chi connectivity index (χ0v) is 11.3. The maximum absolute atomic E-state index is 11.5. The van der Waals surface area contributed by atoms with Crippen LogP contribution in [0.4, 0.5) is 5.69 Å². The summed E-state index contributed by atoms with van der Waals surface area (Å²) in [6.45, 7) is 0. The van der Waals surface area contributed by atoms with Crippen LogP contribution in [0.3, 0.4) is 0 Å². The molecule has 0 aliphatic rings. The fourth-order valence-corrected chi connectivity index (χ4v) is 2.26.